The van der Waals surface area contributed by atoms with Gasteiger partial charge in [0.2, 0.25) is 0 Å². The molecule has 0 radical (unpaired) electrons. The van der Waals surface area contributed by atoms with Crippen molar-refractivity contribution in [3.8, 4) is 6.07 Å². The third kappa shape index (κ3) is 3.31. The minimum Gasteiger partial charge on any atom is -0.299 e. The van der Waals surface area contributed by atoms with Gasteiger partial charge in [-0.25, -0.2) is 0 Å². The zero-order valence-electron chi connectivity index (χ0n) is 11.7. The first-order valence-corrected chi connectivity index (χ1v) is 7.96. The van der Waals surface area contributed by atoms with Crippen LogP contribution in [-0.2, 0) is 7.05 Å². The number of nitrogens with one attached hydrogen (secondary N) is 1. The molecule has 19 heavy (non-hydrogen) atoms. The van der Waals surface area contributed by atoms with E-state index < -0.39 is 0 Å². The Morgan fingerprint density at radius 1 is 1.68 bits per heavy atom. The highest BCUT2D eigenvalue weighted by atomic mass is 32.2. The number of nitrogens with zero attached hydrogens (tertiary/aromatic N) is 3. The Balaban J connectivity index is 1.86. The molecule has 1 N–H and O–H groups in total. The smallest absolute Gasteiger partial charge is 0.109 e. The van der Waals surface area contributed by atoms with Crippen molar-refractivity contribution >= 4 is 11.8 Å². The van der Waals surface area contributed by atoms with Gasteiger partial charge in [-0.05, 0) is 37.5 Å². The number of hydrogen-bond donors (Lipinski definition) is 1. The molecule has 0 saturated heterocycles. The van der Waals surface area contributed by atoms with Crippen LogP contribution in [0.2, 0.25) is 0 Å². The highest BCUT2D eigenvalue weighted by Crippen LogP contribution is 2.38. The third-order valence-electron chi connectivity index (χ3n) is 3.93. The molecule has 1 aromatic heterocycles. The van der Waals surface area contributed by atoms with Crippen LogP contribution in [0.1, 0.15) is 32.6 Å². The monoisotopic (exact) mass is 278 g/mol. The van der Waals surface area contributed by atoms with Crippen molar-refractivity contribution in [3.63, 3.8) is 0 Å². The van der Waals surface area contributed by atoms with E-state index in [0.29, 0.717) is 5.92 Å². The predicted molar refractivity (Wildman–Crippen MR) is 77.9 cm³/mol. The molecule has 5 heteroatoms. The number of aromatic nitrogens is 2. The molecule has 4 nitrogen and oxygen atoms in total. The second-order valence-corrected chi connectivity index (χ2v) is 6.36. The Bertz CT molecular complexity index is 451. The van der Waals surface area contributed by atoms with Gasteiger partial charge < -0.3 is 0 Å². The molecule has 1 aliphatic carbocycles. The number of thioether (sulfide) groups is 1. The lowest BCUT2D eigenvalue weighted by molar-refractivity contribution is 0.317. The number of nitriles is 1. The molecule has 0 aromatic carbocycles. The van der Waals surface area contributed by atoms with Crippen molar-refractivity contribution in [2.24, 2.45) is 13.0 Å². The van der Waals surface area contributed by atoms with Crippen molar-refractivity contribution in [2.45, 2.75) is 43.0 Å². The predicted octanol–water partition coefficient (Wildman–Crippen LogP) is 2.57. The summed E-state index contributed by atoms with van der Waals surface area (Å²) in [6, 6.07) is 2.54. The summed E-state index contributed by atoms with van der Waals surface area (Å²) in [6.45, 7) is 2.96. The van der Waals surface area contributed by atoms with Gasteiger partial charge in [0.1, 0.15) is 5.54 Å². The minimum atomic E-state index is -0.274. The van der Waals surface area contributed by atoms with Crippen LogP contribution in [0.25, 0.3) is 0 Å². The highest BCUT2D eigenvalue weighted by Gasteiger charge is 2.41. The fraction of sp³-hybridized carbons (Fsp3) is 0.714. The molecule has 1 aromatic rings. The molecule has 0 spiro atoms. The molecule has 2 rings (SSSR count). The third-order valence-corrected chi connectivity index (χ3v) is 4.91. The van der Waals surface area contributed by atoms with Crippen molar-refractivity contribution in [1.29, 1.82) is 5.26 Å². The molecule has 0 amide bonds. The van der Waals surface area contributed by atoms with Gasteiger partial charge in [-0.1, -0.05) is 13.3 Å². The Morgan fingerprint density at radius 2 is 2.53 bits per heavy atom. The lowest BCUT2D eigenvalue weighted by atomic mass is 9.86. The van der Waals surface area contributed by atoms with E-state index in [1.54, 1.807) is 0 Å². The molecule has 0 aliphatic heterocycles. The van der Waals surface area contributed by atoms with E-state index in [4.69, 9.17) is 0 Å². The van der Waals surface area contributed by atoms with Gasteiger partial charge in [-0.2, -0.15) is 10.4 Å². The average molecular weight is 278 g/mol. The number of aryl methyl sites for hydroxylation is 1. The first-order chi connectivity index (χ1) is 9.20. The average Bonchev–Trinajstić information content (AvgIpc) is 2.98. The standard InChI is InChI=1S/C14H22N4S/c1-3-16-14(11-15)7-4-5-12(14)6-8-19-13-9-17-18(2)10-13/h9-10,12,16H,3-8H2,1-2H3. The lowest BCUT2D eigenvalue weighted by Gasteiger charge is -2.29. The van der Waals surface area contributed by atoms with Crippen molar-refractivity contribution in [2.75, 3.05) is 12.3 Å². The second kappa shape index (κ2) is 6.44. The number of rotatable bonds is 6. The minimum absolute atomic E-state index is 0.274. The van der Waals surface area contributed by atoms with E-state index in [-0.39, 0.29) is 5.54 Å². The Hall–Kier alpha value is -0.990. The quantitative estimate of drug-likeness (QED) is 0.813. The van der Waals surface area contributed by atoms with Crippen molar-refractivity contribution < 1.29 is 0 Å². The van der Waals surface area contributed by atoms with Gasteiger partial charge in [0, 0.05) is 18.1 Å². The van der Waals surface area contributed by atoms with Crippen LogP contribution in [0.5, 0.6) is 0 Å². The summed E-state index contributed by atoms with van der Waals surface area (Å²) in [6.07, 6.45) is 8.39. The molecule has 2 unspecified atom stereocenters. The van der Waals surface area contributed by atoms with E-state index in [1.165, 1.54) is 17.7 Å². The van der Waals surface area contributed by atoms with Crippen LogP contribution in [0.4, 0.5) is 0 Å². The highest BCUT2D eigenvalue weighted by molar-refractivity contribution is 7.99. The zero-order chi connectivity index (χ0) is 13.7. The summed E-state index contributed by atoms with van der Waals surface area (Å²) in [5, 5.41) is 17.1. The summed E-state index contributed by atoms with van der Waals surface area (Å²) in [5.41, 5.74) is -0.274. The SMILES string of the molecule is CCNC1(C#N)CCCC1CCSc1cnn(C)c1. The Morgan fingerprint density at radius 3 is 3.16 bits per heavy atom. The summed E-state index contributed by atoms with van der Waals surface area (Å²) in [7, 11) is 1.94. The summed E-state index contributed by atoms with van der Waals surface area (Å²) in [5.74, 6) is 1.55. The molecule has 104 valence electrons. The van der Waals surface area contributed by atoms with Gasteiger partial charge in [0.25, 0.3) is 0 Å². The first kappa shape index (κ1) is 14.4. The van der Waals surface area contributed by atoms with Crippen LogP contribution < -0.4 is 5.32 Å². The fourth-order valence-electron chi connectivity index (χ4n) is 3.00. The molecule has 1 fully saturated rings. The maximum absolute atomic E-state index is 9.51. The lowest BCUT2D eigenvalue weighted by Crippen LogP contribution is -2.47. The topological polar surface area (TPSA) is 53.6 Å². The van der Waals surface area contributed by atoms with Crippen LogP contribution in [0, 0.1) is 17.2 Å². The van der Waals surface area contributed by atoms with Gasteiger partial charge in [-0.3, -0.25) is 10.00 Å². The van der Waals surface area contributed by atoms with E-state index >= 15 is 0 Å². The normalized spacial score (nSPS) is 26.5. The Labute approximate surface area is 119 Å². The molecular weight excluding hydrogens is 256 g/mol. The molecule has 1 aliphatic rings. The Kier molecular flexibility index (Phi) is 4.89. The second-order valence-electron chi connectivity index (χ2n) is 5.19. The molecule has 0 bridgehead atoms. The van der Waals surface area contributed by atoms with E-state index in [9.17, 15) is 5.26 Å². The maximum Gasteiger partial charge on any atom is 0.109 e. The van der Waals surface area contributed by atoms with Gasteiger partial charge in [-0.15, -0.1) is 11.8 Å². The molecule has 1 heterocycles. The molecular formula is C14H22N4S. The fourth-order valence-corrected chi connectivity index (χ4v) is 3.98. The van der Waals surface area contributed by atoms with Crippen LogP contribution in [0.3, 0.4) is 0 Å². The summed E-state index contributed by atoms with van der Waals surface area (Å²) < 4.78 is 1.83. The van der Waals surface area contributed by atoms with Crippen molar-refractivity contribution in [1.82, 2.24) is 15.1 Å². The van der Waals surface area contributed by atoms with Crippen LogP contribution in [0.15, 0.2) is 17.3 Å². The van der Waals surface area contributed by atoms with E-state index in [2.05, 4.69) is 23.4 Å². The van der Waals surface area contributed by atoms with Gasteiger partial charge >= 0.3 is 0 Å². The molecule has 2 atom stereocenters. The van der Waals surface area contributed by atoms with Crippen LogP contribution in [-0.4, -0.2) is 27.6 Å². The zero-order valence-corrected chi connectivity index (χ0v) is 12.5. The summed E-state index contributed by atoms with van der Waals surface area (Å²) in [4.78, 5) is 1.21. The van der Waals surface area contributed by atoms with Gasteiger partial charge in [0.15, 0.2) is 0 Å². The van der Waals surface area contributed by atoms with Crippen molar-refractivity contribution in [3.05, 3.63) is 12.4 Å². The van der Waals surface area contributed by atoms with E-state index in [1.807, 2.05) is 35.9 Å². The maximum atomic E-state index is 9.51. The first-order valence-electron chi connectivity index (χ1n) is 6.98. The van der Waals surface area contributed by atoms with E-state index in [0.717, 1.165) is 25.1 Å². The number of hydrogen-bond acceptors (Lipinski definition) is 4. The molecule has 1 saturated carbocycles. The van der Waals surface area contributed by atoms with Crippen LogP contribution >= 0.6 is 11.8 Å². The van der Waals surface area contributed by atoms with Gasteiger partial charge in [0.05, 0.1) is 12.3 Å². The summed E-state index contributed by atoms with van der Waals surface area (Å²) >= 11 is 1.84. The largest absolute Gasteiger partial charge is 0.299 e.